The Hall–Kier alpha value is -0.160. The first kappa shape index (κ1) is 12.8. The summed E-state index contributed by atoms with van der Waals surface area (Å²) in [7, 11) is 0. The summed E-state index contributed by atoms with van der Waals surface area (Å²) in [5, 5.41) is 20.6. The highest BCUT2D eigenvalue weighted by atomic mass is 16.3. The van der Waals surface area contributed by atoms with Gasteiger partial charge in [-0.1, -0.05) is 13.8 Å². The molecule has 0 radical (unpaired) electrons. The first-order valence-electron chi connectivity index (χ1n) is 4.68. The summed E-state index contributed by atoms with van der Waals surface area (Å²) in [6.45, 7) is 5.91. The van der Waals surface area contributed by atoms with Crippen molar-refractivity contribution in [3.05, 3.63) is 0 Å². The Balaban J connectivity index is 3.81. The van der Waals surface area contributed by atoms with Gasteiger partial charge in [-0.25, -0.2) is 0 Å². The molecule has 0 saturated heterocycles. The third-order valence-corrected chi connectivity index (χ3v) is 2.02. The average Bonchev–Trinajstić information content (AvgIpc) is 1.81. The predicted molar refractivity (Wildman–Crippen MR) is 52.9 cm³/mol. The van der Waals surface area contributed by atoms with Crippen LogP contribution in [0.3, 0.4) is 0 Å². The largest absolute Gasteiger partial charge is 0.396 e. The van der Waals surface area contributed by atoms with Gasteiger partial charge in [-0.3, -0.25) is 5.32 Å². The van der Waals surface area contributed by atoms with Gasteiger partial charge in [-0.15, -0.1) is 0 Å². The quantitative estimate of drug-likeness (QED) is 0.444. The van der Waals surface area contributed by atoms with E-state index in [9.17, 15) is 0 Å². The molecule has 0 amide bonds. The summed E-state index contributed by atoms with van der Waals surface area (Å²) in [4.78, 5) is 0. The van der Waals surface area contributed by atoms with Crippen molar-refractivity contribution in [1.82, 2.24) is 5.32 Å². The van der Waals surface area contributed by atoms with Crippen LogP contribution < -0.4 is 11.1 Å². The van der Waals surface area contributed by atoms with Crippen molar-refractivity contribution in [1.29, 1.82) is 0 Å². The van der Waals surface area contributed by atoms with Gasteiger partial charge in [-0.2, -0.15) is 0 Å². The minimum atomic E-state index is -0.583. The molecule has 4 nitrogen and oxygen atoms in total. The average molecular weight is 190 g/mol. The zero-order valence-electron chi connectivity index (χ0n) is 8.75. The normalized spacial score (nSPS) is 17.1. The maximum absolute atomic E-state index is 9.01. The van der Waals surface area contributed by atoms with E-state index >= 15 is 0 Å². The molecule has 0 aliphatic carbocycles. The van der Waals surface area contributed by atoms with Crippen LogP contribution in [0.5, 0.6) is 0 Å². The predicted octanol–water partition coefficient (Wildman–Crippen LogP) is -0.00220. The van der Waals surface area contributed by atoms with Crippen molar-refractivity contribution >= 4 is 0 Å². The second-order valence-electron chi connectivity index (χ2n) is 4.29. The Kier molecular flexibility index (Phi) is 5.48. The third-order valence-electron chi connectivity index (χ3n) is 2.02. The van der Waals surface area contributed by atoms with Crippen LogP contribution >= 0.6 is 0 Å². The van der Waals surface area contributed by atoms with E-state index in [4.69, 9.17) is 15.9 Å². The fraction of sp³-hybridized carbons (Fsp3) is 1.00. The summed E-state index contributed by atoms with van der Waals surface area (Å²) >= 11 is 0. The van der Waals surface area contributed by atoms with Crippen LogP contribution in [0.1, 0.15) is 33.6 Å². The highest BCUT2D eigenvalue weighted by Gasteiger charge is 2.21. The number of aliphatic hydroxyl groups is 2. The van der Waals surface area contributed by atoms with E-state index in [1.807, 2.05) is 13.8 Å². The van der Waals surface area contributed by atoms with Crippen molar-refractivity contribution < 1.29 is 10.2 Å². The topological polar surface area (TPSA) is 78.5 Å². The van der Waals surface area contributed by atoms with E-state index < -0.39 is 6.23 Å². The second-order valence-corrected chi connectivity index (χ2v) is 4.29. The van der Waals surface area contributed by atoms with Crippen LogP contribution in [0.2, 0.25) is 0 Å². The standard InChI is InChI=1S/C9H22N2O2/c1-7(13)11-8(10)6-9(2,3)4-5-12/h7-8,11-13H,4-6,10H2,1-3H3. The van der Waals surface area contributed by atoms with Gasteiger partial charge in [-0.05, 0) is 25.2 Å². The lowest BCUT2D eigenvalue weighted by molar-refractivity contribution is 0.120. The maximum atomic E-state index is 9.01. The minimum absolute atomic E-state index is 0.00998. The second kappa shape index (κ2) is 5.54. The molecule has 13 heavy (non-hydrogen) atoms. The third kappa shape index (κ3) is 6.95. The number of hydrogen-bond donors (Lipinski definition) is 4. The van der Waals surface area contributed by atoms with E-state index in [-0.39, 0.29) is 18.2 Å². The van der Waals surface area contributed by atoms with Crippen LogP contribution in [0.4, 0.5) is 0 Å². The Bertz CT molecular complexity index is 138. The van der Waals surface area contributed by atoms with Gasteiger partial charge in [0.2, 0.25) is 0 Å². The van der Waals surface area contributed by atoms with Crippen LogP contribution in [0.25, 0.3) is 0 Å². The van der Waals surface area contributed by atoms with Gasteiger partial charge in [0.25, 0.3) is 0 Å². The summed E-state index contributed by atoms with van der Waals surface area (Å²) in [5.41, 5.74) is 5.75. The molecule has 2 unspecified atom stereocenters. The smallest absolute Gasteiger partial charge is 0.103 e. The summed E-state index contributed by atoms with van der Waals surface area (Å²) in [6, 6.07) is 0. The molecule has 0 spiro atoms. The molecule has 0 aliphatic rings. The van der Waals surface area contributed by atoms with Crippen LogP contribution in [0.15, 0.2) is 0 Å². The number of aliphatic hydroxyl groups excluding tert-OH is 2. The molecule has 4 heteroatoms. The van der Waals surface area contributed by atoms with Gasteiger partial charge < -0.3 is 15.9 Å². The maximum Gasteiger partial charge on any atom is 0.103 e. The number of nitrogens with two attached hydrogens (primary N) is 1. The molecule has 0 aromatic rings. The lowest BCUT2D eigenvalue weighted by atomic mass is 9.85. The van der Waals surface area contributed by atoms with Gasteiger partial charge in [0, 0.05) is 6.61 Å². The molecular weight excluding hydrogens is 168 g/mol. The fourth-order valence-electron chi connectivity index (χ4n) is 1.37. The highest BCUT2D eigenvalue weighted by molar-refractivity contribution is 4.74. The van der Waals surface area contributed by atoms with Crippen molar-refractivity contribution in [2.45, 2.75) is 46.0 Å². The van der Waals surface area contributed by atoms with E-state index in [0.29, 0.717) is 0 Å². The lowest BCUT2D eigenvalue weighted by Crippen LogP contribution is -2.45. The zero-order chi connectivity index (χ0) is 10.5. The molecule has 0 rings (SSSR count). The van der Waals surface area contributed by atoms with Crippen LogP contribution in [0, 0.1) is 5.41 Å². The molecule has 0 heterocycles. The highest BCUT2D eigenvalue weighted by Crippen LogP contribution is 2.24. The number of rotatable bonds is 6. The molecule has 0 fully saturated rings. The number of hydrogen-bond acceptors (Lipinski definition) is 4. The van der Waals surface area contributed by atoms with Gasteiger partial charge in [0.05, 0.1) is 6.17 Å². The van der Waals surface area contributed by atoms with Crippen LogP contribution in [-0.2, 0) is 0 Å². The van der Waals surface area contributed by atoms with Crippen molar-refractivity contribution in [2.24, 2.45) is 11.1 Å². The molecule has 0 bridgehead atoms. The Morgan fingerprint density at radius 3 is 2.38 bits per heavy atom. The molecule has 0 aromatic heterocycles. The summed E-state index contributed by atoms with van der Waals surface area (Å²) in [6.07, 6.45) is 0.655. The van der Waals surface area contributed by atoms with Crippen molar-refractivity contribution in [2.75, 3.05) is 6.61 Å². The first-order chi connectivity index (χ1) is 5.87. The Morgan fingerprint density at radius 1 is 1.46 bits per heavy atom. The van der Waals surface area contributed by atoms with Gasteiger partial charge in [0.15, 0.2) is 0 Å². The first-order valence-corrected chi connectivity index (χ1v) is 4.68. The SMILES string of the molecule is CC(O)NC(N)CC(C)(C)CCO. The molecule has 0 saturated carbocycles. The molecular formula is C9H22N2O2. The Morgan fingerprint density at radius 2 is 2.00 bits per heavy atom. The monoisotopic (exact) mass is 190 g/mol. The zero-order valence-corrected chi connectivity index (χ0v) is 8.75. The molecule has 5 N–H and O–H groups in total. The van der Waals surface area contributed by atoms with Gasteiger partial charge >= 0.3 is 0 Å². The molecule has 0 aromatic carbocycles. The summed E-state index contributed by atoms with van der Waals surface area (Å²) in [5.74, 6) is 0. The minimum Gasteiger partial charge on any atom is -0.396 e. The van der Waals surface area contributed by atoms with Gasteiger partial charge in [0.1, 0.15) is 6.23 Å². The molecule has 0 aliphatic heterocycles. The number of nitrogens with one attached hydrogen (secondary N) is 1. The van der Waals surface area contributed by atoms with Crippen molar-refractivity contribution in [3.63, 3.8) is 0 Å². The lowest BCUT2D eigenvalue weighted by Gasteiger charge is -2.28. The molecule has 80 valence electrons. The van der Waals surface area contributed by atoms with E-state index in [0.717, 1.165) is 12.8 Å². The summed E-state index contributed by atoms with van der Waals surface area (Å²) < 4.78 is 0. The van der Waals surface area contributed by atoms with E-state index in [1.165, 1.54) is 0 Å². The van der Waals surface area contributed by atoms with Crippen molar-refractivity contribution in [3.8, 4) is 0 Å². The Labute approximate surface area is 80.1 Å². The van der Waals surface area contributed by atoms with E-state index in [2.05, 4.69) is 5.32 Å². The molecule has 2 atom stereocenters. The fourth-order valence-corrected chi connectivity index (χ4v) is 1.37. The van der Waals surface area contributed by atoms with Crippen LogP contribution in [-0.4, -0.2) is 29.2 Å². The van der Waals surface area contributed by atoms with E-state index in [1.54, 1.807) is 6.92 Å².